The van der Waals surface area contributed by atoms with Crippen molar-refractivity contribution in [3.63, 3.8) is 0 Å². The van der Waals surface area contributed by atoms with Gasteiger partial charge in [0.25, 0.3) is 11.5 Å². The number of carbonyl (C=O) groups is 1. The number of nitrogens with zero attached hydrogens (tertiary/aromatic N) is 3. The highest BCUT2D eigenvalue weighted by Crippen LogP contribution is 2.24. The molecule has 2 aliphatic carbocycles. The highest BCUT2D eigenvalue weighted by molar-refractivity contribution is 5.94. The monoisotopic (exact) mass is 448 g/mol. The summed E-state index contributed by atoms with van der Waals surface area (Å²) in [6.45, 7) is 1.57. The average molecular weight is 449 g/mol. The fraction of sp³-hybridized carbons (Fsp3) is 0.520. The van der Waals surface area contributed by atoms with E-state index in [1.807, 2.05) is 0 Å². The van der Waals surface area contributed by atoms with Crippen molar-refractivity contribution in [2.45, 2.75) is 70.3 Å². The summed E-state index contributed by atoms with van der Waals surface area (Å²) in [7, 11) is 0. The Bertz CT molecular complexity index is 1170. The van der Waals surface area contributed by atoms with Gasteiger partial charge in [-0.25, -0.2) is 4.68 Å². The minimum Gasteiger partial charge on any atom is -0.352 e. The van der Waals surface area contributed by atoms with Crippen LogP contribution in [0.5, 0.6) is 0 Å². The number of benzene rings is 1. The van der Waals surface area contributed by atoms with Crippen LogP contribution in [0.4, 0.5) is 0 Å². The van der Waals surface area contributed by atoms with Gasteiger partial charge in [-0.05, 0) is 75.8 Å². The van der Waals surface area contributed by atoms with E-state index >= 15 is 0 Å². The van der Waals surface area contributed by atoms with Crippen molar-refractivity contribution >= 4 is 16.9 Å². The zero-order chi connectivity index (χ0) is 22.6. The first kappa shape index (κ1) is 21.8. The summed E-state index contributed by atoms with van der Waals surface area (Å²) in [6.07, 6.45) is 11.5. The second kappa shape index (κ2) is 9.87. The summed E-state index contributed by atoms with van der Waals surface area (Å²) in [5.74, 6) is -0.0943. The fourth-order valence-corrected chi connectivity index (χ4v) is 5.06. The van der Waals surface area contributed by atoms with Crippen LogP contribution in [-0.4, -0.2) is 45.0 Å². The van der Waals surface area contributed by atoms with Crippen molar-refractivity contribution in [2.75, 3.05) is 13.1 Å². The highest BCUT2D eigenvalue weighted by Gasteiger charge is 2.20. The molecule has 1 fully saturated rings. The van der Waals surface area contributed by atoms with Crippen LogP contribution in [0.25, 0.3) is 16.7 Å². The maximum Gasteiger partial charge on any atom is 0.299 e. The zero-order valence-corrected chi connectivity index (χ0v) is 19.0. The molecule has 1 saturated carbocycles. The lowest BCUT2D eigenvalue weighted by Gasteiger charge is -2.22. The van der Waals surface area contributed by atoms with Crippen molar-refractivity contribution in [3.05, 3.63) is 51.4 Å². The highest BCUT2D eigenvalue weighted by atomic mass is 16.1. The number of hydrogen-bond donors (Lipinski definition) is 3. The van der Waals surface area contributed by atoms with Crippen LogP contribution in [0.3, 0.4) is 0 Å². The smallest absolute Gasteiger partial charge is 0.299 e. The first-order valence-corrected chi connectivity index (χ1v) is 12.3. The van der Waals surface area contributed by atoms with Crippen molar-refractivity contribution in [1.82, 2.24) is 30.6 Å². The second-order valence-electron chi connectivity index (χ2n) is 9.25. The summed E-state index contributed by atoms with van der Waals surface area (Å²) in [6, 6.07) is 7.73. The molecule has 0 aliphatic heterocycles. The van der Waals surface area contributed by atoms with Gasteiger partial charge >= 0.3 is 0 Å². The Morgan fingerprint density at radius 3 is 2.61 bits per heavy atom. The zero-order valence-electron chi connectivity index (χ0n) is 19.0. The van der Waals surface area contributed by atoms with Crippen molar-refractivity contribution in [3.8, 4) is 5.69 Å². The molecule has 174 valence electrons. The van der Waals surface area contributed by atoms with Crippen molar-refractivity contribution in [1.29, 1.82) is 0 Å². The fourth-order valence-electron chi connectivity index (χ4n) is 5.06. The summed E-state index contributed by atoms with van der Waals surface area (Å²) < 4.78 is 1.49. The van der Waals surface area contributed by atoms with Crippen LogP contribution in [0.2, 0.25) is 0 Å². The number of aromatic nitrogens is 4. The van der Waals surface area contributed by atoms with Gasteiger partial charge in [0.1, 0.15) is 0 Å². The third-order valence-electron chi connectivity index (χ3n) is 6.94. The normalized spacial score (nSPS) is 16.6. The van der Waals surface area contributed by atoms with E-state index in [9.17, 15) is 9.59 Å². The molecule has 3 aromatic rings. The van der Waals surface area contributed by atoms with Gasteiger partial charge in [0.15, 0.2) is 5.52 Å². The van der Waals surface area contributed by atoms with E-state index in [0.717, 1.165) is 55.4 Å². The van der Waals surface area contributed by atoms with Gasteiger partial charge < -0.3 is 10.6 Å². The summed E-state index contributed by atoms with van der Waals surface area (Å²) in [5.41, 5.74) is 4.30. The van der Waals surface area contributed by atoms with E-state index in [1.165, 1.54) is 36.8 Å². The van der Waals surface area contributed by atoms with Gasteiger partial charge in [-0.3, -0.25) is 14.7 Å². The molecule has 1 amide bonds. The number of amides is 1. The molecule has 0 spiro atoms. The molecule has 5 rings (SSSR count). The number of hydrogen-bond acceptors (Lipinski definition) is 5. The van der Waals surface area contributed by atoms with Crippen LogP contribution in [-0.2, 0) is 12.8 Å². The maximum absolute atomic E-state index is 12.9. The SMILES string of the molecule is O=C(NCCCNC1CCCCC1)c1ccc(-n2[nH]c3c4c(nnc3c2=O)CCCC4)cc1. The molecular weight excluding hydrogens is 416 g/mol. The topological polar surface area (TPSA) is 105 Å². The molecule has 8 heteroatoms. The quantitative estimate of drug-likeness (QED) is 0.482. The van der Waals surface area contributed by atoms with E-state index in [4.69, 9.17) is 0 Å². The van der Waals surface area contributed by atoms with Gasteiger partial charge in [-0.1, -0.05) is 19.3 Å². The Balaban J connectivity index is 1.20. The third kappa shape index (κ3) is 4.71. The molecular formula is C25H32N6O2. The van der Waals surface area contributed by atoms with E-state index in [0.29, 0.717) is 29.4 Å². The average Bonchev–Trinajstić information content (AvgIpc) is 3.21. The number of H-pyrrole nitrogens is 1. The van der Waals surface area contributed by atoms with E-state index in [-0.39, 0.29) is 11.5 Å². The lowest BCUT2D eigenvalue weighted by Crippen LogP contribution is -2.34. The van der Waals surface area contributed by atoms with Crippen molar-refractivity contribution < 1.29 is 4.79 Å². The first-order chi connectivity index (χ1) is 16.2. The Hall–Kier alpha value is -3.00. The van der Waals surface area contributed by atoms with Crippen LogP contribution < -0.4 is 16.2 Å². The molecule has 2 heterocycles. The Morgan fingerprint density at radius 2 is 1.79 bits per heavy atom. The van der Waals surface area contributed by atoms with E-state index in [1.54, 1.807) is 24.3 Å². The van der Waals surface area contributed by atoms with Gasteiger partial charge in [-0.15, -0.1) is 5.10 Å². The second-order valence-corrected chi connectivity index (χ2v) is 9.25. The lowest BCUT2D eigenvalue weighted by molar-refractivity contribution is 0.0953. The first-order valence-electron chi connectivity index (χ1n) is 12.3. The van der Waals surface area contributed by atoms with Crippen LogP contribution in [0.1, 0.15) is 73.0 Å². The molecule has 0 radical (unpaired) electrons. The Morgan fingerprint density at radius 1 is 1.00 bits per heavy atom. The number of carbonyl (C=O) groups excluding carboxylic acids is 1. The van der Waals surface area contributed by atoms with E-state index in [2.05, 4.69) is 25.9 Å². The third-order valence-corrected chi connectivity index (χ3v) is 6.94. The molecule has 1 aromatic carbocycles. The largest absolute Gasteiger partial charge is 0.352 e. The molecule has 8 nitrogen and oxygen atoms in total. The molecule has 33 heavy (non-hydrogen) atoms. The Labute approximate surface area is 193 Å². The summed E-state index contributed by atoms with van der Waals surface area (Å²) in [4.78, 5) is 25.4. The molecule has 0 bridgehead atoms. The summed E-state index contributed by atoms with van der Waals surface area (Å²) >= 11 is 0. The molecule has 2 aliphatic rings. The van der Waals surface area contributed by atoms with Crippen LogP contribution >= 0.6 is 0 Å². The van der Waals surface area contributed by atoms with Crippen LogP contribution in [0.15, 0.2) is 29.1 Å². The standard InChI is InChI=1S/C25H32N6O2/c32-24(27-16-6-15-26-18-7-2-1-3-8-18)17-11-13-19(14-12-17)31-25(33)23-22(30-31)20-9-4-5-10-21(20)28-29-23/h11-14,18,26,30H,1-10,15-16H2,(H,27,32). The number of aromatic amines is 1. The van der Waals surface area contributed by atoms with Gasteiger partial charge in [-0.2, -0.15) is 5.10 Å². The van der Waals surface area contributed by atoms with Crippen molar-refractivity contribution in [2.24, 2.45) is 0 Å². The minimum absolute atomic E-state index is 0.0943. The minimum atomic E-state index is -0.214. The predicted molar refractivity (Wildman–Crippen MR) is 128 cm³/mol. The number of aryl methyl sites for hydroxylation is 2. The number of fused-ring (bicyclic) bond motifs is 3. The van der Waals surface area contributed by atoms with Crippen LogP contribution in [0, 0.1) is 0 Å². The summed E-state index contributed by atoms with van der Waals surface area (Å²) in [5, 5.41) is 18.3. The molecule has 0 unspecified atom stereocenters. The van der Waals surface area contributed by atoms with Gasteiger partial charge in [0.05, 0.1) is 16.9 Å². The number of rotatable bonds is 7. The number of nitrogens with one attached hydrogen (secondary N) is 3. The molecule has 0 atom stereocenters. The molecule has 3 N–H and O–H groups in total. The maximum atomic E-state index is 12.9. The molecule has 2 aromatic heterocycles. The predicted octanol–water partition coefficient (Wildman–Crippen LogP) is 3.03. The van der Waals surface area contributed by atoms with E-state index < -0.39 is 0 Å². The van der Waals surface area contributed by atoms with Gasteiger partial charge in [0.2, 0.25) is 0 Å². The lowest BCUT2D eigenvalue weighted by atomic mass is 9.95. The Kier molecular flexibility index (Phi) is 6.53. The molecule has 0 saturated heterocycles. The van der Waals surface area contributed by atoms with Gasteiger partial charge in [0, 0.05) is 23.7 Å².